The third-order valence-electron chi connectivity index (χ3n) is 1.84. The van der Waals surface area contributed by atoms with E-state index in [2.05, 4.69) is 15.9 Å². The third-order valence-corrected chi connectivity index (χ3v) is 3.51. The number of thiophene rings is 1. The van der Waals surface area contributed by atoms with Crippen LogP contribution in [0.1, 0.15) is 4.88 Å². The summed E-state index contributed by atoms with van der Waals surface area (Å²) in [7, 11) is 0. The summed E-state index contributed by atoms with van der Waals surface area (Å²) in [5.41, 5.74) is 0. The van der Waals surface area contributed by atoms with Gasteiger partial charge in [-0.15, -0.1) is 11.3 Å². The molecule has 0 spiro atoms. The number of hydrogen-bond acceptors (Lipinski definition) is 2. The summed E-state index contributed by atoms with van der Waals surface area (Å²) in [6.45, 7) is 0.305. The molecule has 0 fully saturated rings. The van der Waals surface area contributed by atoms with Gasteiger partial charge in [0.1, 0.15) is 24.0 Å². The van der Waals surface area contributed by atoms with Crippen LogP contribution in [0.15, 0.2) is 34.1 Å². The first kappa shape index (κ1) is 11.5. The first-order valence-corrected chi connectivity index (χ1v) is 6.12. The maximum atomic E-state index is 12.8. The third kappa shape index (κ3) is 3.02. The van der Waals surface area contributed by atoms with E-state index in [0.717, 1.165) is 27.5 Å². The zero-order valence-corrected chi connectivity index (χ0v) is 10.4. The summed E-state index contributed by atoms with van der Waals surface area (Å²) in [5.74, 6) is -1.08. The quantitative estimate of drug-likeness (QED) is 0.818. The molecule has 0 aliphatic heterocycles. The van der Waals surface area contributed by atoms with Crippen molar-refractivity contribution in [3.63, 3.8) is 0 Å². The molecule has 0 amide bonds. The smallest absolute Gasteiger partial charge is 0.129 e. The van der Waals surface area contributed by atoms with Gasteiger partial charge in [0.25, 0.3) is 0 Å². The first-order valence-electron chi connectivity index (χ1n) is 4.45. The molecule has 1 aromatic heterocycles. The predicted octanol–water partition coefficient (Wildman–Crippen LogP) is 4.37. The molecule has 0 aliphatic rings. The summed E-state index contributed by atoms with van der Waals surface area (Å²) in [6, 6.07) is 5.03. The molecular weight excluding hydrogens is 298 g/mol. The van der Waals surface area contributed by atoms with Crippen LogP contribution in [0.3, 0.4) is 0 Å². The lowest BCUT2D eigenvalue weighted by Crippen LogP contribution is -1.94. The Morgan fingerprint density at radius 1 is 1.12 bits per heavy atom. The van der Waals surface area contributed by atoms with Crippen molar-refractivity contribution >= 4 is 27.3 Å². The number of benzene rings is 1. The molecule has 1 heterocycles. The highest BCUT2D eigenvalue weighted by Crippen LogP contribution is 2.22. The Morgan fingerprint density at radius 3 is 2.38 bits per heavy atom. The maximum Gasteiger partial charge on any atom is 0.129 e. The largest absolute Gasteiger partial charge is 0.488 e. The Balaban J connectivity index is 2.04. The number of halogens is 3. The van der Waals surface area contributed by atoms with E-state index in [4.69, 9.17) is 4.74 Å². The van der Waals surface area contributed by atoms with Gasteiger partial charge in [-0.3, -0.25) is 0 Å². The highest BCUT2D eigenvalue weighted by molar-refractivity contribution is 9.10. The second-order valence-corrected chi connectivity index (χ2v) is 5.04. The van der Waals surface area contributed by atoms with Gasteiger partial charge in [-0.1, -0.05) is 0 Å². The highest BCUT2D eigenvalue weighted by Gasteiger charge is 2.03. The molecule has 1 aromatic carbocycles. The van der Waals surface area contributed by atoms with Crippen LogP contribution in [0.25, 0.3) is 0 Å². The Bertz CT molecular complexity index is 478. The van der Waals surface area contributed by atoms with Crippen LogP contribution < -0.4 is 4.74 Å². The molecule has 0 aliphatic carbocycles. The zero-order chi connectivity index (χ0) is 11.5. The van der Waals surface area contributed by atoms with Crippen molar-refractivity contribution < 1.29 is 13.5 Å². The van der Waals surface area contributed by atoms with Crippen LogP contribution in [0.5, 0.6) is 5.75 Å². The molecule has 0 N–H and O–H groups in total. The van der Waals surface area contributed by atoms with Crippen molar-refractivity contribution in [3.8, 4) is 5.75 Å². The normalized spacial score (nSPS) is 10.4. The van der Waals surface area contributed by atoms with E-state index in [1.165, 1.54) is 11.3 Å². The molecular formula is C11H7BrF2OS. The summed E-state index contributed by atoms with van der Waals surface area (Å²) in [6.07, 6.45) is 0. The van der Waals surface area contributed by atoms with Gasteiger partial charge in [0.15, 0.2) is 0 Å². The summed E-state index contributed by atoms with van der Waals surface area (Å²) >= 11 is 4.83. The van der Waals surface area contributed by atoms with Gasteiger partial charge in [-0.05, 0) is 22.0 Å². The highest BCUT2D eigenvalue weighted by atomic mass is 79.9. The lowest BCUT2D eigenvalue weighted by Gasteiger charge is -2.04. The van der Waals surface area contributed by atoms with Gasteiger partial charge in [0.2, 0.25) is 0 Å². The van der Waals surface area contributed by atoms with Crippen LogP contribution in [-0.2, 0) is 6.61 Å². The van der Waals surface area contributed by atoms with Crippen LogP contribution in [0, 0.1) is 11.6 Å². The Morgan fingerprint density at radius 2 is 1.81 bits per heavy atom. The Kier molecular flexibility index (Phi) is 3.56. The van der Waals surface area contributed by atoms with Gasteiger partial charge >= 0.3 is 0 Å². The van der Waals surface area contributed by atoms with E-state index in [1.807, 2.05) is 11.4 Å². The average Bonchev–Trinajstić information content (AvgIpc) is 2.60. The van der Waals surface area contributed by atoms with Crippen molar-refractivity contribution in [1.29, 1.82) is 0 Å². The van der Waals surface area contributed by atoms with E-state index in [9.17, 15) is 8.78 Å². The lowest BCUT2D eigenvalue weighted by atomic mass is 10.3. The SMILES string of the molecule is Fc1cc(F)cc(OCc2cc(Br)cs2)c1. The standard InChI is InChI=1S/C11H7BrF2OS/c12-7-1-11(16-6-7)5-15-10-3-8(13)2-9(14)4-10/h1-4,6H,5H2. The molecule has 84 valence electrons. The van der Waals surface area contributed by atoms with E-state index < -0.39 is 11.6 Å². The van der Waals surface area contributed by atoms with E-state index in [0.29, 0.717) is 6.61 Å². The van der Waals surface area contributed by atoms with E-state index in [-0.39, 0.29) is 5.75 Å². The molecule has 0 atom stereocenters. The van der Waals surface area contributed by atoms with Crippen LogP contribution in [0.4, 0.5) is 8.78 Å². The monoisotopic (exact) mass is 304 g/mol. The predicted molar refractivity (Wildman–Crippen MR) is 62.7 cm³/mol. The molecule has 0 saturated heterocycles. The molecule has 0 bridgehead atoms. The fraction of sp³-hybridized carbons (Fsp3) is 0.0909. The minimum absolute atomic E-state index is 0.196. The fourth-order valence-electron chi connectivity index (χ4n) is 1.20. The number of hydrogen-bond donors (Lipinski definition) is 0. The molecule has 1 nitrogen and oxygen atoms in total. The summed E-state index contributed by atoms with van der Waals surface area (Å²) in [4.78, 5) is 0.983. The van der Waals surface area contributed by atoms with Crippen molar-refractivity contribution in [2.24, 2.45) is 0 Å². The Labute approximate surface area is 104 Å². The van der Waals surface area contributed by atoms with Crippen molar-refractivity contribution in [1.82, 2.24) is 0 Å². The number of ether oxygens (including phenoxy) is 1. The van der Waals surface area contributed by atoms with Gasteiger partial charge in [-0.25, -0.2) is 8.78 Å². The van der Waals surface area contributed by atoms with Crippen LogP contribution in [-0.4, -0.2) is 0 Å². The topological polar surface area (TPSA) is 9.23 Å². The molecule has 0 saturated carbocycles. The summed E-state index contributed by atoms with van der Waals surface area (Å²) < 4.78 is 31.9. The van der Waals surface area contributed by atoms with Crippen molar-refractivity contribution in [2.75, 3.05) is 0 Å². The second kappa shape index (κ2) is 4.93. The fourth-order valence-corrected chi connectivity index (χ4v) is 2.56. The van der Waals surface area contributed by atoms with Crippen LogP contribution in [0.2, 0.25) is 0 Å². The van der Waals surface area contributed by atoms with Gasteiger partial charge < -0.3 is 4.74 Å². The van der Waals surface area contributed by atoms with Crippen molar-refractivity contribution in [2.45, 2.75) is 6.61 Å². The molecule has 16 heavy (non-hydrogen) atoms. The second-order valence-electron chi connectivity index (χ2n) is 3.13. The molecule has 5 heteroatoms. The first-order chi connectivity index (χ1) is 7.63. The van der Waals surface area contributed by atoms with Gasteiger partial charge in [-0.2, -0.15) is 0 Å². The minimum Gasteiger partial charge on any atom is -0.488 e. The number of rotatable bonds is 3. The molecule has 0 radical (unpaired) electrons. The maximum absolute atomic E-state index is 12.8. The van der Waals surface area contributed by atoms with E-state index in [1.54, 1.807) is 0 Å². The van der Waals surface area contributed by atoms with Crippen LogP contribution >= 0.6 is 27.3 Å². The zero-order valence-electron chi connectivity index (χ0n) is 8.04. The molecule has 2 aromatic rings. The minimum atomic E-state index is -0.637. The Hall–Kier alpha value is -0.940. The van der Waals surface area contributed by atoms with Crippen molar-refractivity contribution in [3.05, 3.63) is 50.6 Å². The lowest BCUT2D eigenvalue weighted by molar-refractivity contribution is 0.306. The molecule has 0 unspecified atom stereocenters. The van der Waals surface area contributed by atoms with E-state index >= 15 is 0 Å². The van der Waals surface area contributed by atoms with Gasteiger partial charge in [0.05, 0.1) is 0 Å². The average molecular weight is 305 g/mol. The van der Waals surface area contributed by atoms with Gasteiger partial charge in [0, 0.05) is 32.9 Å². The molecule has 2 rings (SSSR count). The summed E-state index contributed by atoms with van der Waals surface area (Å²) in [5, 5.41) is 1.92.